The molecule has 7 nitrogen and oxygen atoms in total. The predicted molar refractivity (Wildman–Crippen MR) is 122 cm³/mol. The van der Waals surface area contributed by atoms with Gasteiger partial charge >= 0.3 is 12.1 Å². The van der Waals surface area contributed by atoms with E-state index in [1.54, 1.807) is 4.90 Å². The van der Waals surface area contributed by atoms with Crippen molar-refractivity contribution in [3.63, 3.8) is 0 Å². The van der Waals surface area contributed by atoms with Crippen LogP contribution in [0.4, 0.5) is 4.79 Å². The van der Waals surface area contributed by atoms with Gasteiger partial charge in [0.05, 0.1) is 20.1 Å². The Morgan fingerprint density at radius 1 is 1.03 bits per heavy atom. The number of unbranched alkanes of at least 4 members (excludes halogenated alkanes) is 1. The second-order valence-electron chi connectivity index (χ2n) is 8.26. The molecule has 0 aromatic heterocycles. The van der Waals surface area contributed by atoms with Gasteiger partial charge in [-0.3, -0.25) is 9.69 Å². The zero-order valence-electron chi connectivity index (χ0n) is 20.1. The average Bonchev–Trinajstić information content (AvgIpc) is 2.74. The van der Waals surface area contributed by atoms with E-state index in [9.17, 15) is 9.59 Å². The van der Waals surface area contributed by atoms with E-state index in [1.807, 2.05) is 58.9 Å². The Kier molecular flexibility index (Phi) is 12.0. The summed E-state index contributed by atoms with van der Waals surface area (Å²) in [5.74, 6) is 0.520. The summed E-state index contributed by atoms with van der Waals surface area (Å²) in [6.07, 6.45) is 2.02. The maximum atomic E-state index is 12.1. The van der Waals surface area contributed by atoms with Crippen LogP contribution in [0.25, 0.3) is 0 Å². The summed E-state index contributed by atoms with van der Waals surface area (Å²) in [5, 5.41) is 0. The van der Waals surface area contributed by atoms with Crippen molar-refractivity contribution in [2.24, 2.45) is 0 Å². The minimum atomic E-state index is -0.451. The van der Waals surface area contributed by atoms with E-state index < -0.39 is 5.60 Å². The molecule has 0 saturated carbocycles. The van der Waals surface area contributed by atoms with Gasteiger partial charge in [-0.25, -0.2) is 4.79 Å². The van der Waals surface area contributed by atoms with E-state index in [0.717, 1.165) is 43.8 Å². The third kappa shape index (κ3) is 11.1. The number of hydrogen-bond acceptors (Lipinski definition) is 6. The fourth-order valence-corrected chi connectivity index (χ4v) is 3.09. The molecule has 0 unspecified atom stereocenters. The quantitative estimate of drug-likeness (QED) is 0.451. The molecule has 1 aliphatic heterocycles. The molecule has 0 radical (unpaired) electrons. The lowest BCUT2D eigenvalue weighted by atomic mass is 10.1. The molecule has 2 rings (SSSR count). The summed E-state index contributed by atoms with van der Waals surface area (Å²) in [6.45, 7) is 14.4. The molecule has 1 fully saturated rings. The van der Waals surface area contributed by atoms with Crippen molar-refractivity contribution in [1.29, 1.82) is 0 Å². The summed E-state index contributed by atoms with van der Waals surface area (Å²) >= 11 is 0. The van der Waals surface area contributed by atoms with Crippen molar-refractivity contribution < 1.29 is 23.8 Å². The molecule has 0 N–H and O–H groups in total. The Hall–Kier alpha value is -2.28. The Labute approximate surface area is 187 Å². The van der Waals surface area contributed by atoms with Gasteiger partial charge in [0.2, 0.25) is 0 Å². The number of piperazine rings is 1. The third-order valence-electron chi connectivity index (χ3n) is 4.64. The first-order chi connectivity index (χ1) is 14.8. The highest BCUT2D eigenvalue weighted by atomic mass is 16.6. The van der Waals surface area contributed by atoms with Gasteiger partial charge in [-0.15, -0.1) is 0 Å². The Morgan fingerprint density at radius 2 is 1.71 bits per heavy atom. The SMILES string of the molecule is CC.COC(=O)Cc1cccc(OCCCCN2CCN(C(=O)OC(C)(C)C)CC2)c1. The van der Waals surface area contributed by atoms with Gasteiger partial charge in [0.25, 0.3) is 0 Å². The highest BCUT2D eigenvalue weighted by Crippen LogP contribution is 2.15. The van der Waals surface area contributed by atoms with Crippen molar-refractivity contribution in [2.75, 3.05) is 46.4 Å². The molecule has 0 bridgehead atoms. The van der Waals surface area contributed by atoms with Crippen LogP contribution in [0.1, 0.15) is 53.0 Å². The molecule has 1 aromatic carbocycles. The molecule has 1 aliphatic rings. The lowest BCUT2D eigenvalue weighted by Gasteiger charge is -2.35. The van der Waals surface area contributed by atoms with Crippen LogP contribution in [0.3, 0.4) is 0 Å². The van der Waals surface area contributed by atoms with Crippen molar-refractivity contribution >= 4 is 12.1 Å². The van der Waals surface area contributed by atoms with E-state index in [2.05, 4.69) is 4.90 Å². The number of ether oxygens (including phenoxy) is 3. The predicted octanol–water partition coefficient (Wildman–Crippen LogP) is 4.14. The molecule has 0 atom stereocenters. The number of carbonyl (C=O) groups excluding carboxylic acids is 2. The first-order valence-electron chi connectivity index (χ1n) is 11.3. The molecular formula is C24H40N2O5. The van der Waals surface area contributed by atoms with Gasteiger partial charge in [-0.05, 0) is 57.9 Å². The third-order valence-corrected chi connectivity index (χ3v) is 4.64. The average molecular weight is 437 g/mol. The van der Waals surface area contributed by atoms with E-state index in [4.69, 9.17) is 14.2 Å². The lowest BCUT2D eigenvalue weighted by Crippen LogP contribution is -2.50. The molecule has 31 heavy (non-hydrogen) atoms. The number of hydrogen-bond donors (Lipinski definition) is 0. The van der Waals surface area contributed by atoms with Crippen LogP contribution in [-0.4, -0.2) is 73.9 Å². The zero-order chi connectivity index (χ0) is 23.3. The second kappa shape index (κ2) is 13.9. The molecule has 1 heterocycles. The van der Waals surface area contributed by atoms with Gasteiger partial charge in [0.15, 0.2) is 0 Å². The van der Waals surface area contributed by atoms with Crippen molar-refractivity contribution in [1.82, 2.24) is 9.80 Å². The zero-order valence-corrected chi connectivity index (χ0v) is 20.1. The largest absolute Gasteiger partial charge is 0.494 e. The van der Waals surface area contributed by atoms with Crippen LogP contribution in [0.15, 0.2) is 24.3 Å². The molecular weight excluding hydrogens is 396 g/mol. The minimum Gasteiger partial charge on any atom is -0.494 e. The molecule has 7 heteroatoms. The first-order valence-corrected chi connectivity index (χ1v) is 11.3. The molecule has 1 saturated heterocycles. The number of methoxy groups -OCH3 is 1. The highest BCUT2D eigenvalue weighted by Gasteiger charge is 2.25. The van der Waals surface area contributed by atoms with E-state index in [1.165, 1.54) is 7.11 Å². The summed E-state index contributed by atoms with van der Waals surface area (Å²) in [6, 6.07) is 7.56. The maximum absolute atomic E-state index is 12.1. The normalized spacial score (nSPS) is 14.3. The van der Waals surface area contributed by atoms with Gasteiger partial charge in [-0.2, -0.15) is 0 Å². The van der Waals surface area contributed by atoms with Gasteiger partial charge in [0.1, 0.15) is 11.4 Å². The molecule has 0 spiro atoms. The van der Waals surface area contributed by atoms with Crippen LogP contribution >= 0.6 is 0 Å². The van der Waals surface area contributed by atoms with Crippen LogP contribution < -0.4 is 4.74 Å². The first kappa shape index (κ1) is 26.8. The standard InChI is InChI=1S/C22H34N2O5.C2H6/c1-22(2,3)29-21(26)24-13-11-23(12-14-24)10-5-6-15-28-19-9-7-8-18(16-19)17-20(25)27-4;1-2/h7-9,16H,5-6,10-15,17H2,1-4H3;1-2H3. The fraction of sp³-hybridized carbons (Fsp3) is 0.667. The second-order valence-corrected chi connectivity index (χ2v) is 8.26. The maximum Gasteiger partial charge on any atom is 0.410 e. The fourth-order valence-electron chi connectivity index (χ4n) is 3.09. The Bertz CT molecular complexity index is 664. The van der Waals surface area contributed by atoms with Crippen LogP contribution in [0.5, 0.6) is 5.75 Å². The molecule has 176 valence electrons. The van der Waals surface area contributed by atoms with E-state index >= 15 is 0 Å². The Morgan fingerprint density at radius 3 is 2.32 bits per heavy atom. The van der Waals surface area contributed by atoms with E-state index in [0.29, 0.717) is 19.7 Å². The van der Waals surface area contributed by atoms with Gasteiger partial charge in [0, 0.05) is 26.2 Å². The van der Waals surface area contributed by atoms with Gasteiger partial charge < -0.3 is 19.1 Å². The monoisotopic (exact) mass is 436 g/mol. The number of esters is 1. The van der Waals surface area contributed by atoms with E-state index in [-0.39, 0.29) is 18.5 Å². The number of carbonyl (C=O) groups is 2. The summed E-state index contributed by atoms with van der Waals surface area (Å²) in [5.41, 5.74) is 0.435. The topological polar surface area (TPSA) is 68.3 Å². The van der Waals surface area contributed by atoms with Crippen LogP contribution in [0.2, 0.25) is 0 Å². The van der Waals surface area contributed by atoms with Gasteiger partial charge in [-0.1, -0.05) is 26.0 Å². The molecule has 1 amide bonds. The van der Waals surface area contributed by atoms with Crippen LogP contribution in [-0.2, 0) is 20.7 Å². The minimum absolute atomic E-state index is 0.222. The molecule has 0 aliphatic carbocycles. The number of amides is 1. The van der Waals surface area contributed by atoms with Crippen molar-refractivity contribution in [3.05, 3.63) is 29.8 Å². The van der Waals surface area contributed by atoms with Crippen LogP contribution in [0, 0.1) is 0 Å². The highest BCUT2D eigenvalue weighted by molar-refractivity contribution is 5.72. The number of benzene rings is 1. The molecule has 1 aromatic rings. The smallest absolute Gasteiger partial charge is 0.410 e. The van der Waals surface area contributed by atoms with Crippen molar-refractivity contribution in [2.45, 2.75) is 59.5 Å². The Balaban J connectivity index is 0.00000233. The number of nitrogens with zero attached hydrogens (tertiary/aromatic N) is 2. The summed E-state index contributed by atoms with van der Waals surface area (Å²) in [4.78, 5) is 27.6. The van der Waals surface area contributed by atoms with Crippen molar-refractivity contribution in [3.8, 4) is 5.75 Å². The lowest BCUT2D eigenvalue weighted by molar-refractivity contribution is -0.139. The number of rotatable bonds is 8. The summed E-state index contributed by atoms with van der Waals surface area (Å²) in [7, 11) is 1.39. The summed E-state index contributed by atoms with van der Waals surface area (Å²) < 4.78 is 15.9.